The predicted octanol–water partition coefficient (Wildman–Crippen LogP) is 2.65. The Kier molecular flexibility index (Phi) is 4.63. The first-order valence-electron chi connectivity index (χ1n) is 7.33. The Morgan fingerprint density at radius 3 is 2.43 bits per heavy atom. The van der Waals surface area contributed by atoms with Crippen LogP contribution in [-0.2, 0) is 6.54 Å². The first-order chi connectivity index (χ1) is 9.93. The normalized spacial score (nSPS) is 12.7. The van der Waals surface area contributed by atoms with Crippen LogP contribution in [-0.4, -0.2) is 47.9 Å². The molecule has 0 aliphatic rings. The molecule has 1 atom stereocenters. The zero-order valence-corrected chi connectivity index (χ0v) is 13.8. The van der Waals surface area contributed by atoms with Crippen molar-refractivity contribution >= 4 is 5.95 Å². The van der Waals surface area contributed by atoms with Gasteiger partial charge in [-0.15, -0.1) is 5.10 Å². The van der Waals surface area contributed by atoms with Gasteiger partial charge in [0, 0.05) is 32.2 Å². The Balaban J connectivity index is 2.41. The van der Waals surface area contributed by atoms with E-state index in [4.69, 9.17) is 0 Å². The van der Waals surface area contributed by atoms with E-state index in [-0.39, 0.29) is 0 Å². The molecule has 1 heterocycles. The summed E-state index contributed by atoms with van der Waals surface area (Å²) in [6.45, 7) is 5.09. The Morgan fingerprint density at radius 2 is 1.90 bits per heavy atom. The molecule has 0 saturated heterocycles. The van der Waals surface area contributed by atoms with Crippen molar-refractivity contribution in [1.82, 2.24) is 19.7 Å². The minimum Gasteiger partial charge on any atom is -0.347 e. The van der Waals surface area contributed by atoms with Crippen LogP contribution in [0.1, 0.15) is 25.5 Å². The molecule has 0 aliphatic carbocycles. The summed E-state index contributed by atoms with van der Waals surface area (Å²) in [6, 6.07) is 8.84. The van der Waals surface area contributed by atoms with Gasteiger partial charge in [0.25, 0.3) is 0 Å². The SMILES string of the molecule is CCn1nc(-c2cccc(C(C)N(C)C)c2)nc1N(C)C. The molecule has 1 unspecified atom stereocenters. The number of hydrogen-bond acceptors (Lipinski definition) is 4. The lowest BCUT2D eigenvalue weighted by atomic mass is 10.0. The van der Waals surface area contributed by atoms with Gasteiger partial charge in [0.1, 0.15) is 0 Å². The van der Waals surface area contributed by atoms with Crippen LogP contribution < -0.4 is 4.90 Å². The topological polar surface area (TPSA) is 37.2 Å². The quantitative estimate of drug-likeness (QED) is 0.847. The molecule has 0 N–H and O–H groups in total. The van der Waals surface area contributed by atoms with E-state index < -0.39 is 0 Å². The number of anilines is 1. The van der Waals surface area contributed by atoms with E-state index in [1.807, 2.05) is 23.7 Å². The van der Waals surface area contributed by atoms with E-state index in [1.54, 1.807) is 0 Å². The van der Waals surface area contributed by atoms with Gasteiger partial charge in [-0.3, -0.25) is 0 Å². The summed E-state index contributed by atoms with van der Waals surface area (Å²) in [5.74, 6) is 1.67. The lowest BCUT2D eigenvalue weighted by Gasteiger charge is -2.20. The maximum Gasteiger partial charge on any atom is 0.223 e. The second-order valence-corrected chi connectivity index (χ2v) is 5.71. The molecule has 2 rings (SSSR count). The van der Waals surface area contributed by atoms with Crippen LogP contribution in [0, 0.1) is 0 Å². The average molecular weight is 287 g/mol. The van der Waals surface area contributed by atoms with Crippen LogP contribution in [0.2, 0.25) is 0 Å². The summed E-state index contributed by atoms with van der Waals surface area (Å²) in [4.78, 5) is 8.85. The number of aryl methyl sites for hydroxylation is 1. The van der Waals surface area contributed by atoms with Crippen molar-refractivity contribution in [2.24, 2.45) is 0 Å². The van der Waals surface area contributed by atoms with E-state index in [0.29, 0.717) is 6.04 Å². The summed E-state index contributed by atoms with van der Waals surface area (Å²) in [5, 5.41) is 4.62. The van der Waals surface area contributed by atoms with Crippen LogP contribution in [0.3, 0.4) is 0 Å². The number of rotatable bonds is 5. The summed E-state index contributed by atoms with van der Waals surface area (Å²) in [7, 11) is 8.16. The fourth-order valence-electron chi connectivity index (χ4n) is 2.23. The van der Waals surface area contributed by atoms with Crippen LogP contribution in [0.5, 0.6) is 0 Å². The third-order valence-corrected chi connectivity index (χ3v) is 3.75. The van der Waals surface area contributed by atoms with Gasteiger partial charge in [-0.1, -0.05) is 18.2 Å². The van der Waals surface area contributed by atoms with Crippen LogP contribution in [0.15, 0.2) is 24.3 Å². The van der Waals surface area contributed by atoms with E-state index in [2.05, 4.69) is 67.2 Å². The molecule has 1 aromatic carbocycles. The molecule has 0 saturated carbocycles. The summed E-state index contributed by atoms with van der Waals surface area (Å²) in [6.07, 6.45) is 0. The monoisotopic (exact) mass is 287 g/mol. The fourth-order valence-corrected chi connectivity index (χ4v) is 2.23. The minimum absolute atomic E-state index is 0.367. The number of aromatic nitrogens is 3. The van der Waals surface area contributed by atoms with Gasteiger partial charge in [0.05, 0.1) is 0 Å². The first-order valence-corrected chi connectivity index (χ1v) is 7.33. The van der Waals surface area contributed by atoms with Gasteiger partial charge in [-0.05, 0) is 39.6 Å². The van der Waals surface area contributed by atoms with Crippen molar-refractivity contribution in [3.05, 3.63) is 29.8 Å². The average Bonchev–Trinajstić information content (AvgIpc) is 2.91. The van der Waals surface area contributed by atoms with Gasteiger partial charge in [-0.25, -0.2) is 4.68 Å². The first kappa shape index (κ1) is 15.5. The standard InChI is InChI=1S/C16H25N5/c1-7-21-16(20(5)6)17-15(18-21)14-10-8-9-13(11-14)12(2)19(3)4/h8-12H,7H2,1-6H3. The second-order valence-electron chi connectivity index (χ2n) is 5.71. The van der Waals surface area contributed by atoms with E-state index >= 15 is 0 Å². The van der Waals surface area contributed by atoms with Crippen LogP contribution >= 0.6 is 0 Å². The lowest BCUT2D eigenvalue weighted by molar-refractivity contribution is 0.321. The Hall–Kier alpha value is -1.88. The largest absolute Gasteiger partial charge is 0.347 e. The Morgan fingerprint density at radius 1 is 1.19 bits per heavy atom. The highest BCUT2D eigenvalue weighted by atomic mass is 15.4. The number of nitrogens with zero attached hydrogens (tertiary/aromatic N) is 5. The maximum atomic E-state index is 4.66. The minimum atomic E-state index is 0.367. The zero-order valence-electron chi connectivity index (χ0n) is 13.8. The highest BCUT2D eigenvalue weighted by Gasteiger charge is 2.14. The lowest BCUT2D eigenvalue weighted by Crippen LogP contribution is -2.16. The van der Waals surface area contributed by atoms with Crippen molar-refractivity contribution in [1.29, 1.82) is 0 Å². The summed E-state index contributed by atoms with van der Waals surface area (Å²) in [5.41, 5.74) is 2.34. The molecule has 0 fully saturated rings. The zero-order chi connectivity index (χ0) is 15.6. The molecule has 21 heavy (non-hydrogen) atoms. The molecule has 0 bridgehead atoms. The molecular weight excluding hydrogens is 262 g/mol. The summed E-state index contributed by atoms with van der Waals surface area (Å²) < 4.78 is 1.93. The fraction of sp³-hybridized carbons (Fsp3) is 0.500. The van der Waals surface area contributed by atoms with Crippen LogP contribution in [0.25, 0.3) is 11.4 Å². The smallest absolute Gasteiger partial charge is 0.223 e. The molecule has 114 valence electrons. The molecule has 2 aromatic rings. The highest BCUT2D eigenvalue weighted by Crippen LogP contribution is 2.24. The maximum absolute atomic E-state index is 4.66. The molecular formula is C16H25N5. The summed E-state index contributed by atoms with van der Waals surface area (Å²) >= 11 is 0. The molecule has 0 amide bonds. The van der Waals surface area contributed by atoms with Crippen molar-refractivity contribution in [3.8, 4) is 11.4 Å². The second kappa shape index (κ2) is 6.26. The van der Waals surface area contributed by atoms with Crippen molar-refractivity contribution in [2.45, 2.75) is 26.4 Å². The van der Waals surface area contributed by atoms with E-state index in [9.17, 15) is 0 Å². The third-order valence-electron chi connectivity index (χ3n) is 3.75. The molecule has 5 nitrogen and oxygen atoms in total. The molecule has 0 spiro atoms. The van der Waals surface area contributed by atoms with Gasteiger partial charge < -0.3 is 9.80 Å². The van der Waals surface area contributed by atoms with Crippen LogP contribution in [0.4, 0.5) is 5.95 Å². The van der Waals surface area contributed by atoms with Crippen molar-refractivity contribution in [3.63, 3.8) is 0 Å². The van der Waals surface area contributed by atoms with Crippen molar-refractivity contribution in [2.75, 3.05) is 33.1 Å². The predicted molar refractivity (Wildman–Crippen MR) is 87.6 cm³/mol. The number of benzene rings is 1. The molecule has 0 radical (unpaired) electrons. The van der Waals surface area contributed by atoms with Gasteiger partial charge in [0.15, 0.2) is 5.82 Å². The van der Waals surface area contributed by atoms with E-state index in [1.165, 1.54) is 5.56 Å². The molecule has 5 heteroatoms. The highest BCUT2D eigenvalue weighted by molar-refractivity contribution is 5.58. The third kappa shape index (κ3) is 3.24. The van der Waals surface area contributed by atoms with Gasteiger partial charge in [-0.2, -0.15) is 4.98 Å². The molecule has 0 aliphatic heterocycles. The van der Waals surface area contributed by atoms with Gasteiger partial charge in [0.2, 0.25) is 5.95 Å². The Labute approximate surface area is 127 Å². The van der Waals surface area contributed by atoms with Crippen molar-refractivity contribution < 1.29 is 0 Å². The number of hydrogen-bond donors (Lipinski definition) is 0. The Bertz CT molecular complexity index is 600. The van der Waals surface area contributed by atoms with E-state index in [0.717, 1.165) is 23.9 Å². The molecule has 1 aromatic heterocycles. The van der Waals surface area contributed by atoms with Gasteiger partial charge >= 0.3 is 0 Å².